The molecule has 1 saturated carbocycles. The summed E-state index contributed by atoms with van der Waals surface area (Å²) in [6.45, 7) is 5.70. The number of aliphatic carboxylic acids is 2. The number of ether oxygens (including phenoxy) is 2. The molecule has 0 spiro atoms. The smallest absolute Gasteiger partial charge is 0.414 e. The molecule has 0 aromatic heterocycles. The monoisotopic (exact) mass is 394 g/mol. The molecule has 8 heteroatoms. The Morgan fingerprint density at radius 3 is 2.11 bits per heavy atom. The standard InChI is InChI=1S/C18H28N2O2.C2H2O4/c1-21-17-8-7-15(18(13-17)22-2)14-19-9-11-20(12-10-19)16-5-3-4-6-16;3-1(4)2(5)6/h7-8,13,16H,3-6,9-12,14H2,1-2H3;(H,3,4)(H,5,6). The first-order chi connectivity index (χ1) is 13.4. The second-order valence-electron chi connectivity index (χ2n) is 7.04. The minimum atomic E-state index is -1.82. The molecule has 0 atom stereocenters. The summed E-state index contributed by atoms with van der Waals surface area (Å²) >= 11 is 0. The summed E-state index contributed by atoms with van der Waals surface area (Å²) in [5.74, 6) is -1.87. The maximum atomic E-state index is 9.10. The van der Waals surface area contributed by atoms with Gasteiger partial charge in [0.25, 0.3) is 0 Å². The van der Waals surface area contributed by atoms with E-state index in [0.717, 1.165) is 37.2 Å². The predicted octanol–water partition coefficient (Wildman–Crippen LogP) is 1.92. The number of methoxy groups -OCH3 is 2. The van der Waals surface area contributed by atoms with Crippen molar-refractivity contribution in [2.75, 3.05) is 40.4 Å². The summed E-state index contributed by atoms with van der Waals surface area (Å²) < 4.78 is 10.8. The van der Waals surface area contributed by atoms with E-state index in [9.17, 15) is 0 Å². The maximum Gasteiger partial charge on any atom is 0.414 e. The van der Waals surface area contributed by atoms with Crippen molar-refractivity contribution < 1.29 is 29.3 Å². The van der Waals surface area contributed by atoms with Crippen LogP contribution in [0.4, 0.5) is 0 Å². The zero-order valence-corrected chi connectivity index (χ0v) is 16.6. The summed E-state index contributed by atoms with van der Waals surface area (Å²) in [4.78, 5) is 23.4. The number of benzene rings is 1. The molecule has 2 fully saturated rings. The van der Waals surface area contributed by atoms with Crippen molar-refractivity contribution in [3.63, 3.8) is 0 Å². The Hall–Kier alpha value is -2.32. The molecule has 0 bridgehead atoms. The van der Waals surface area contributed by atoms with E-state index >= 15 is 0 Å². The van der Waals surface area contributed by atoms with Gasteiger partial charge in [-0.1, -0.05) is 18.9 Å². The van der Waals surface area contributed by atoms with Crippen LogP contribution in [-0.2, 0) is 16.1 Å². The van der Waals surface area contributed by atoms with Crippen molar-refractivity contribution in [1.29, 1.82) is 0 Å². The summed E-state index contributed by atoms with van der Waals surface area (Å²) in [5.41, 5.74) is 1.25. The molecular formula is C20H30N2O6. The number of carboxylic acid groups (broad SMARTS) is 2. The van der Waals surface area contributed by atoms with Gasteiger partial charge in [-0.25, -0.2) is 9.59 Å². The van der Waals surface area contributed by atoms with Crippen LogP contribution in [0.2, 0.25) is 0 Å². The topological polar surface area (TPSA) is 99.5 Å². The van der Waals surface area contributed by atoms with Crippen LogP contribution in [0.1, 0.15) is 31.2 Å². The Balaban J connectivity index is 0.000000409. The number of carbonyl (C=O) groups is 2. The third-order valence-electron chi connectivity index (χ3n) is 5.32. The normalized spacial score (nSPS) is 18.2. The predicted molar refractivity (Wildman–Crippen MR) is 104 cm³/mol. The number of carboxylic acids is 2. The van der Waals surface area contributed by atoms with Crippen molar-refractivity contribution in [1.82, 2.24) is 9.80 Å². The van der Waals surface area contributed by atoms with Gasteiger partial charge in [0.15, 0.2) is 0 Å². The van der Waals surface area contributed by atoms with E-state index in [2.05, 4.69) is 15.9 Å². The van der Waals surface area contributed by atoms with Crippen LogP contribution < -0.4 is 9.47 Å². The van der Waals surface area contributed by atoms with E-state index in [0.29, 0.717) is 0 Å². The van der Waals surface area contributed by atoms with E-state index in [1.54, 1.807) is 14.2 Å². The van der Waals surface area contributed by atoms with Crippen LogP contribution in [0, 0.1) is 0 Å². The molecule has 0 amide bonds. The molecule has 0 radical (unpaired) electrons. The molecular weight excluding hydrogens is 364 g/mol. The molecule has 2 aliphatic rings. The highest BCUT2D eigenvalue weighted by Gasteiger charge is 2.26. The Morgan fingerprint density at radius 1 is 1.00 bits per heavy atom. The number of rotatable bonds is 5. The van der Waals surface area contributed by atoms with E-state index in [1.807, 2.05) is 12.1 Å². The van der Waals surface area contributed by atoms with Gasteiger partial charge in [-0.3, -0.25) is 9.80 Å². The number of hydrogen-bond acceptors (Lipinski definition) is 6. The van der Waals surface area contributed by atoms with Gasteiger partial charge in [-0.15, -0.1) is 0 Å². The molecule has 1 heterocycles. The molecule has 1 aromatic carbocycles. The maximum absolute atomic E-state index is 9.10. The zero-order valence-electron chi connectivity index (χ0n) is 16.6. The molecule has 0 unspecified atom stereocenters. The molecule has 1 aliphatic heterocycles. The van der Waals surface area contributed by atoms with E-state index in [4.69, 9.17) is 29.3 Å². The third-order valence-corrected chi connectivity index (χ3v) is 5.32. The van der Waals surface area contributed by atoms with Gasteiger partial charge in [-0.05, 0) is 18.9 Å². The number of piperazine rings is 1. The highest BCUT2D eigenvalue weighted by atomic mass is 16.5. The Bertz CT molecular complexity index is 640. The first kappa shape index (κ1) is 22.0. The van der Waals surface area contributed by atoms with E-state index < -0.39 is 11.9 Å². The van der Waals surface area contributed by atoms with E-state index in [-0.39, 0.29) is 0 Å². The second kappa shape index (κ2) is 10.9. The van der Waals surface area contributed by atoms with Crippen molar-refractivity contribution in [2.45, 2.75) is 38.3 Å². The largest absolute Gasteiger partial charge is 0.497 e. The first-order valence-electron chi connectivity index (χ1n) is 9.58. The van der Waals surface area contributed by atoms with Gasteiger partial charge >= 0.3 is 11.9 Å². The SMILES string of the molecule is COc1ccc(CN2CCN(C3CCCC3)CC2)c(OC)c1.O=C(O)C(=O)O. The van der Waals surface area contributed by atoms with Crippen molar-refractivity contribution in [2.24, 2.45) is 0 Å². The molecule has 28 heavy (non-hydrogen) atoms. The van der Waals surface area contributed by atoms with Crippen molar-refractivity contribution in [3.05, 3.63) is 23.8 Å². The van der Waals surface area contributed by atoms with E-state index in [1.165, 1.54) is 44.3 Å². The average molecular weight is 394 g/mol. The lowest BCUT2D eigenvalue weighted by Gasteiger charge is -2.38. The lowest BCUT2D eigenvalue weighted by Crippen LogP contribution is -2.49. The van der Waals surface area contributed by atoms with Crippen LogP contribution in [0.15, 0.2) is 18.2 Å². The molecule has 1 saturated heterocycles. The number of hydrogen-bond donors (Lipinski definition) is 2. The third kappa shape index (κ3) is 6.38. The quantitative estimate of drug-likeness (QED) is 0.731. The highest BCUT2D eigenvalue weighted by molar-refractivity contribution is 6.27. The van der Waals surface area contributed by atoms with Gasteiger partial charge < -0.3 is 19.7 Å². The van der Waals surface area contributed by atoms with Crippen molar-refractivity contribution >= 4 is 11.9 Å². The van der Waals surface area contributed by atoms with Crippen molar-refractivity contribution in [3.8, 4) is 11.5 Å². The molecule has 156 valence electrons. The van der Waals surface area contributed by atoms with Crippen LogP contribution in [0.25, 0.3) is 0 Å². The number of nitrogens with zero attached hydrogens (tertiary/aromatic N) is 2. The van der Waals surface area contributed by atoms with Crippen LogP contribution in [0.3, 0.4) is 0 Å². The molecule has 8 nitrogen and oxygen atoms in total. The lowest BCUT2D eigenvalue weighted by molar-refractivity contribution is -0.159. The Labute approximate surface area is 165 Å². The van der Waals surface area contributed by atoms with Gasteiger partial charge in [0.1, 0.15) is 11.5 Å². The minimum Gasteiger partial charge on any atom is -0.497 e. The molecule has 1 aliphatic carbocycles. The van der Waals surface area contributed by atoms with Gasteiger partial charge in [0, 0.05) is 50.4 Å². The lowest BCUT2D eigenvalue weighted by atomic mass is 10.1. The second-order valence-corrected chi connectivity index (χ2v) is 7.04. The first-order valence-corrected chi connectivity index (χ1v) is 9.58. The van der Waals surface area contributed by atoms with Gasteiger partial charge in [0.05, 0.1) is 14.2 Å². The zero-order chi connectivity index (χ0) is 20.5. The van der Waals surface area contributed by atoms with Gasteiger partial charge in [-0.2, -0.15) is 0 Å². The Morgan fingerprint density at radius 2 is 1.61 bits per heavy atom. The molecule has 3 rings (SSSR count). The van der Waals surface area contributed by atoms with Gasteiger partial charge in [0.2, 0.25) is 0 Å². The fourth-order valence-electron chi connectivity index (χ4n) is 3.78. The summed E-state index contributed by atoms with van der Waals surface area (Å²) in [5, 5.41) is 14.8. The van der Waals surface area contributed by atoms with Crippen LogP contribution >= 0.6 is 0 Å². The summed E-state index contributed by atoms with van der Waals surface area (Å²) in [6, 6.07) is 6.98. The fraction of sp³-hybridized carbons (Fsp3) is 0.600. The highest BCUT2D eigenvalue weighted by Crippen LogP contribution is 2.27. The summed E-state index contributed by atoms with van der Waals surface area (Å²) in [7, 11) is 3.42. The molecule has 2 N–H and O–H groups in total. The van der Waals surface area contributed by atoms with Crippen LogP contribution in [-0.4, -0.2) is 78.4 Å². The summed E-state index contributed by atoms with van der Waals surface area (Å²) in [6.07, 6.45) is 5.67. The molecule has 1 aromatic rings. The minimum absolute atomic E-state index is 0.853. The fourth-order valence-corrected chi connectivity index (χ4v) is 3.78. The van der Waals surface area contributed by atoms with Crippen LogP contribution in [0.5, 0.6) is 11.5 Å². The Kier molecular flexibility index (Phi) is 8.53. The average Bonchev–Trinajstić information content (AvgIpc) is 3.24.